The SMILES string of the molecule is CC(C)(C)Nc1c(C2CCN(C(=O)CCc3ccccc3)CC2)nc2ccccn12. The van der Waals surface area contributed by atoms with E-state index in [1.165, 1.54) is 5.56 Å². The summed E-state index contributed by atoms with van der Waals surface area (Å²) in [6.45, 7) is 8.13. The van der Waals surface area contributed by atoms with E-state index in [2.05, 4.69) is 54.9 Å². The maximum Gasteiger partial charge on any atom is 0.222 e. The van der Waals surface area contributed by atoms with Gasteiger partial charge in [0.25, 0.3) is 0 Å². The number of benzene rings is 1. The second kappa shape index (κ2) is 8.50. The smallest absolute Gasteiger partial charge is 0.222 e. The number of hydrogen-bond donors (Lipinski definition) is 1. The molecule has 5 nitrogen and oxygen atoms in total. The van der Waals surface area contributed by atoms with E-state index in [0.717, 1.165) is 49.5 Å². The Labute approximate surface area is 179 Å². The maximum absolute atomic E-state index is 12.7. The summed E-state index contributed by atoms with van der Waals surface area (Å²) in [5, 5.41) is 3.66. The van der Waals surface area contributed by atoms with Gasteiger partial charge in [-0.3, -0.25) is 9.20 Å². The summed E-state index contributed by atoms with van der Waals surface area (Å²) in [5.41, 5.74) is 3.28. The number of amides is 1. The highest BCUT2D eigenvalue weighted by Gasteiger charge is 2.29. The molecular formula is C25H32N4O. The molecule has 2 aromatic heterocycles. The van der Waals surface area contributed by atoms with Crippen LogP contribution in [-0.4, -0.2) is 38.8 Å². The van der Waals surface area contributed by atoms with Gasteiger partial charge in [0, 0.05) is 37.2 Å². The molecule has 1 aromatic carbocycles. The fraction of sp³-hybridized carbons (Fsp3) is 0.440. The number of likely N-dealkylation sites (tertiary alicyclic amines) is 1. The van der Waals surface area contributed by atoms with Gasteiger partial charge in [-0.25, -0.2) is 4.98 Å². The van der Waals surface area contributed by atoms with Crippen LogP contribution in [-0.2, 0) is 11.2 Å². The molecule has 1 aliphatic heterocycles. The molecule has 1 aliphatic rings. The Morgan fingerprint density at radius 3 is 2.47 bits per heavy atom. The highest BCUT2D eigenvalue weighted by Crippen LogP contribution is 2.34. The molecule has 0 bridgehead atoms. The molecule has 158 valence electrons. The van der Waals surface area contributed by atoms with Crippen molar-refractivity contribution in [1.82, 2.24) is 14.3 Å². The Morgan fingerprint density at radius 2 is 1.77 bits per heavy atom. The standard InChI is InChI=1S/C25H32N4O/c1-25(2,3)27-24-23(26-21-11-7-8-16-29(21)24)20-14-17-28(18-15-20)22(30)13-12-19-9-5-4-6-10-19/h4-11,16,20,27H,12-15,17-18H2,1-3H3. The molecule has 3 aromatic rings. The van der Waals surface area contributed by atoms with E-state index in [0.29, 0.717) is 12.3 Å². The van der Waals surface area contributed by atoms with Crippen LogP contribution >= 0.6 is 0 Å². The normalized spacial score (nSPS) is 15.5. The van der Waals surface area contributed by atoms with Crippen LogP contribution in [0.2, 0.25) is 0 Å². The van der Waals surface area contributed by atoms with Crippen molar-refractivity contribution in [3.05, 3.63) is 66.0 Å². The van der Waals surface area contributed by atoms with Crippen molar-refractivity contribution < 1.29 is 4.79 Å². The topological polar surface area (TPSA) is 49.6 Å². The fourth-order valence-electron chi connectivity index (χ4n) is 4.23. The van der Waals surface area contributed by atoms with Crippen molar-refractivity contribution in [2.24, 2.45) is 0 Å². The first-order chi connectivity index (χ1) is 14.4. The Morgan fingerprint density at radius 1 is 1.07 bits per heavy atom. The summed E-state index contributed by atoms with van der Waals surface area (Å²) in [6, 6.07) is 16.4. The third-order valence-electron chi connectivity index (χ3n) is 5.76. The number of fused-ring (bicyclic) bond motifs is 1. The van der Waals surface area contributed by atoms with E-state index in [4.69, 9.17) is 4.98 Å². The first-order valence-electron chi connectivity index (χ1n) is 11.0. The zero-order valence-electron chi connectivity index (χ0n) is 18.3. The molecule has 0 unspecified atom stereocenters. The zero-order valence-corrected chi connectivity index (χ0v) is 18.3. The van der Waals surface area contributed by atoms with Gasteiger partial charge < -0.3 is 10.2 Å². The van der Waals surface area contributed by atoms with Gasteiger partial charge in [-0.1, -0.05) is 36.4 Å². The zero-order chi connectivity index (χ0) is 21.1. The Balaban J connectivity index is 1.43. The van der Waals surface area contributed by atoms with Gasteiger partial charge >= 0.3 is 0 Å². The van der Waals surface area contributed by atoms with Crippen molar-refractivity contribution in [2.75, 3.05) is 18.4 Å². The molecular weight excluding hydrogens is 372 g/mol. The lowest BCUT2D eigenvalue weighted by Gasteiger charge is -2.32. The van der Waals surface area contributed by atoms with E-state index in [1.807, 2.05) is 35.2 Å². The molecule has 3 heterocycles. The van der Waals surface area contributed by atoms with Gasteiger partial charge in [-0.2, -0.15) is 0 Å². The van der Waals surface area contributed by atoms with Crippen LogP contribution in [0.25, 0.3) is 5.65 Å². The van der Waals surface area contributed by atoms with Crippen molar-refractivity contribution in [3.8, 4) is 0 Å². The van der Waals surface area contributed by atoms with Gasteiger partial charge in [0.05, 0.1) is 5.69 Å². The number of nitrogens with zero attached hydrogens (tertiary/aromatic N) is 3. The highest BCUT2D eigenvalue weighted by atomic mass is 16.2. The van der Waals surface area contributed by atoms with Gasteiger partial charge in [0.15, 0.2) is 0 Å². The maximum atomic E-state index is 12.7. The van der Waals surface area contributed by atoms with Gasteiger partial charge in [-0.05, 0) is 57.7 Å². The number of rotatable bonds is 5. The Kier molecular flexibility index (Phi) is 5.80. The Hall–Kier alpha value is -2.82. The van der Waals surface area contributed by atoms with Crippen LogP contribution < -0.4 is 5.32 Å². The molecule has 0 atom stereocenters. The highest BCUT2D eigenvalue weighted by molar-refractivity contribution is 5.76. The first kappa shape index (κ1) is 20.5. The van der Waals surface area contributed by atoms with Crippen LogP contribution in [0.3, 0.4) is 0 Å². The Bertz CT molecular complexity index is 995. The molecule has 0 saturated carbocycles. The second-order valence-corrected chi connectivity index (χ2v) is 9.29. The molecule has 1 N–H and O–H groups in total. The van der Waals surface area contributed by atoms with E-state index >= 15 is 0 Å². The quantitative estimate of drug-likeness (QED) is 0.659. The molecule has 1 fully saturated rings. The van der Waals surface area contributed by atoms with Crippen molar-refractivity contribution in [2.45, 2.75) is 57.9 Å². The largest absolute Gasteiger partial charge is 0.365 e. The summed E-state index contributed by atoms with van der Waals surface area (Å²) in [7, 11) is 0. The third kappa shape index (κ3) is 4.66. The van der Waals surface area contributed by atoms with Crippen LogP contribution in [0.4, 0.5) is 5.82 Å². The molecule has 0 radical (unpaired) electrons. The van der Waals surface area contributed by atoms with E-state index in [9.17, 15) is 4.79 Å². The summed E-state index contributed by atoms with van der Waals surface area (Å²) < 4.78 is 2.15. The molecule has 1 saturated heterocycles. The summed E-state index contributed by atoms with van der Waals surface area (Å²) in [5.74, 6) is 1.72. The lowest BCUT2D eigenvalue weighted by atomic mass is 9.92. The lowest BCUT2D eigenvalue weighted by molar-refractivity contribution is -0.132. The number of piperidine rings is 1. The summed E-state index contributed by atoms with van der Waals surface area (Å²) in [4.78, 5) is 19.7. The monoisotopic (exact) mass is 404 g/mol. The number of carbonyl (C=O) groups is 1. The van der Waals surface area contributed by atoms with Crippen molar-refractivity contribution >= 4 is 17.4 Å². The average molecular weight is 405 g/mol. The number of pyridine rings is 1. The molecule has 5 heteroatoms. The van der Waals surface area contributed by atoms with Crippen molar-refractivity contribution in [3.63, 3.8) is 0 Å². The predicted octanol–water partition coefficient (Wildman–Crippen LogP) is 4.88. The summed E-state index contributed by atoms with van der Waals surface area (Å²) in [6.07, 6.45) is 5.38. The minimum atomic E-state index is -0.0470. The molecule has 30 heavy (non-hydrogen) atoms. The minimum Gasteiger partial charge on any atom is -0.365 e. The fourth-order valence-corrected chi connectivity index (χ4v) is 4.23. The van der Waals surface area contributed by atoms with Crippen LogP contribution in [0.1, 0.15) is 57.2 Å². The second-order valence-electron chi connectivity index (χ2n) is 9.29. The van der Waals surface area contributed by atoms with Crippen LogP contribution in [0.5, 0.6) is 0 Å². The van der Waals surface area contributed by atoms with Gasteiger partial charge in [0.1, 0.15) is 11.5 Å². The average Bonchev–Trinajstić information content (AvgIpc) is 3.10. The molecule has 1 amide bonds. The van der Waals surface area contributed by atoms with Gasteiger partial charge in [0.2, 0.25) is 5.91 Å². The number of nitrogens with one attached hydrogen (secondary N) is 1. The van der Waals surface area contributed by atoms with E-state index in [1.54, 1.807) is 0 Å². The number of aromatic nitrogens is 2. The molecule has 0 spiro atoms. The van der Waals surface area contributed by atoms with Gasteiger partial charge in [-0.15, -0.1) is 0 Å². The molecule has 0 aliphatic carbocycles. The number of imidazole rings is 1. The summed E-state index contributed by atoms with van der Waals surface area (Å²) >= 11 is 0. The number of aryl methyl sites for hydroxylation is 1. The van der Waals surface area contributed by atoms with E-state index in [-0.39, 0.29) is 11.4 Å². The predicted molar refractivity (Wildman–Crippen MR) is 122 cm³/mol. The van der Waals surface area contributed by atoms with Crippen LogP contribution in [0, 0.1) is 0 Å². The third-order valence-corrected chi connectivity index (χ3v) is 5.76. The lowest BCUT2D eigenvalue weighted by Crippen LogP contribution is -2.38. The van der Waals surface area contributed by atoms with Crippen molar-refractivity contribution in [1.29, 1.82) is 0 Å². The van der Waals surface area contributed by atoms with E-state index < -0.39 is 0 Å². The minimum absolute atomic E-state index is 0.0470. The number of anilines is 1. The first-order valence-corrected chi connectivity index (χ1v) is 11.0. The number of hydrogen-bond acceptors (Lipinski definition) is 3. The van der Waals surface area contributed by atoms with Crippen LogP contribution in [0.15, 0.2) is 54.7 Å². The molecule has 4 rings (SSSR count). The number of carbonyl (C=O) groups excluding carboxylic acids is 1.